The quantitative estimate of drug-likeness (QED) is 0.332. The molecule has 9 nitrogen and oxygen atoms in total. The molecule has 3 aromatic rings. The van der Waals surface area contributed by atoms with E-state index in [4.69, 9.17) is 15.2 Å². The maximum absolute atomic E-state index is 13.8. The third-order valence-corrected chi connectivity index (χ3v) is 8.21. The molecule has 0 aliphatic carbocycles. The van der Waals surface area contributed by atoms with Crippen molar-refractivity contribution in [3.05, 3.63) is 95.8 Å². The molecule has 1 aliphatic rings. The van der Waals surface area contributed by atoms with Gasteiger partial charge in [-0.3, -0.25) is 9.59 Å². The number of amides is 1. The highest BCUT2D eigenvalue weighted by Gasteiger charge is 2.52. The van der Waals surface area contributed by atoms with E-state index in [1.807, 2.05) is 30.3 Å². The predicted molar refractivity (Wildman–Crippen MR) is 158 cm³/mol. The van der Waals surface area contributed by atoms with Crippen molar-refractivity contribution in [2.75, 3.05) is 19.7 Å². The minimum absolute atomic E-state index is 0. The molecule has 1 heterocycles. The van der Waals surface area contributed by atoms with Crippen LogP contribution < -0.4 is 15.8 Å². The first-order chi connectivity index (χ1) is 19.3. The number of esters is 1. The Morgan fingerprint density at radius 3 is 2.33 bits per heavy atom. The van der Waals surface area contributed by atoms with E-state index in [1.54, 1.807) is 39.0 Å². The van der Waals surface area contributed by atoms with Gasteiger partial charge in [-0.2, -0.15) is 4.31 Å². The van der Waals surface area contributed by atoms with E-state index in [2.05, 4.69) is 5.32 Å². The van der Waals surface area contributed by atoms with Gasteiger partial charge in [0.25, 0.3) is 5.91 Å². The van der Waals surface area contributed by atoms with E-state index in [9.17, 15) is 22.4 Å². The summed E-state index contributed by atoms with van der Waals surface area (Å²) in [6.07, 6.45) is 0.0136. The second kappa shape index (κ2) is 13.2. The molecule has 1 atom stereocenters. The van der Waals surface area contributed by atoms with Crippen molar-refractivity contribution in [2.24, 2.45) is 5.73 Å². The Hall–Kier alpha value is -3.51. The largest absolute Gasteiger partial charge is 0.480 e. The number of halogens is 2. The zero-order chi connectivity index (χ0) is 29.8. The Morgan fingerprint density at radius 1 is 1.02 bits per heavy atom. The zero-order valence-corrected chi connectivity index (χ0v) is 25.2. The van der Waals surface area contributed by atoms with Crippen LogP contribution in [0.1, 0.15) is 31.9 Å². The average molecular weight is 620 g/mol. The molecule has 0 aromatic heterocycles. The number of nitrogens with one attached hydrogen (secondary N) is 1. The Balaban J connectivity index is 0.00000484. The highest BCUT2D eigenvalue weighted by atomic mass is 35.5. The van der Waals surface area contributed by atoms with Crippen LogP contribution in [0.25, 0.3) is 0 Å². The summed E-state index contributed by atoms with van der Waals surface area (Å²) in [5, 5.41) is 2.69. The van der Waals surface area contributed by atoms with Crippen molar-refractivity contribution in [1.82, 2.24) is 9.62 Å². The van der Waals surface area contributed by atoms with Gasteiger partial charge in [0, 0.05) is 11.6 Å². The zero-order valence-electron chi connectivity index (χ0n) is 23.6. The van der Waals surface area contributed by atoms with Gasteiger partial charge in [-0.05, 0) is 62.6 Å². The highest BCUT2D eigenvalue weighted by Crippen LogP contribution is 2.40. The molecular weight excluding hydrogens is 585 g/mol. The van der Waals surface area contributed by atoms with Gasteiger partial charge in [0.1, 0.15) is 17.6 Å². The van der Waals surface area contributed by atoms with Crippen LogP contribution in [0.2, 0.25) is 0 Å². The first-order valence-corrected chi connectivity index (χ1v) is 14.5. The van der Waals surface area contributed by atoms with Crippen LogP contribution in [0, 0.1) is 5.82 Å². The fourth-order valence-electron chi connectivity index (χ4n) is 4.51. The molecule has 226 valence electrons. The van der Waals surface area contributed by atoms with E-state index >= 15 is 0 Å². The van der Waals surface area contributed by atoms with Gasteiger partial charge in [-0.25, -0.2) is 12.8 Å². The molecule has 0 unspecified atom stereocenters. The minimum atomic E-state index is -3.93. The summed E-state index contributed by atoms with van der Waals surface area (Å²) < 4.78 is 53.4. The molecule has 3 aromatic carbocycles. The summed E-state index contributed by atoms with van der Waals surface area (Å²) >= 11 is 0. The standard InChI is InChI=1S/C30H34FN3O6S.ClH/c1-29(2,3)33-27(35)18-39-28(36)26(32)16-21-9-7-14-25(15-21)41(37,38)34-19-30(20-34,22-10-5-4-6-11-22)40-24-13-8-12-23(31)17-24;/h4-15,17,26H,16,18-20,32H2,1-3H3,(H,33,35);1H/t26-;/m0./s1. The SMILES string of the molecule is CC(C)(C)NC(=O)COC(=O)[C@@H](N)Cc1cccc(S(=O)(=O)N2CC(Oc3cccc(F)c3)(c3ccccc3)C2)c1.Cl. The van der Waals surface area contributed by atoms with Crippen molar-refractivity contribution in [3.8, 4) is 5.75 Å². The molecule has 1 amide bonds. The molecule has 42 heavy (non-hydrogen) atoms. The number of carbonyl (C=O) groups is 2. The van der Waals surface area contributed by atoms with Gasteiger partial charge < -0.3 is 20.5 Å². The van der Waals surface area contributed by atoms with Crippen LogP contribution in [0.5, 0.6) is 5.75 Å². The highest BCUT2D eigenvalue weighted by molar-refractivity contribution is 7.89. The number of hydrogen-bond acceptors (Lipinski definition) is 7. The number of ether oxygens (including phenoxy) is 2. The van der Waals surface area contributed by atoms with Crippen molar-refractivity contribution in [3.63, 3.8) is 0 Å². The second-order valence-corrected chi connectivity index (χ2v) is 13.0. The van der Waals surface area contributed by atoms with E-state index in [1.165, 1.54) is 34.6 Å². The Labute approximate surface area is 251 Å². The van der Waals surface area contributed by atoms with Crippen LogP contribution in [0.15, 0.2) is 83.8 Å². The van der Waals surface area contributed by atoms with Crippen LogP contribution in [0.4, 0.5) is 4.39 Å². The number of nitrogens with zero attached hydrogens (tertiary/aromatic N) is 1. The molecule has 1 saturated heterocycles. The van der Waals surface area contributed by atoms with E-state index in [0.717, 1.165) is 5.56 Å². The molecule has 4 rings (SSSR count). The van der Waals surface area contributed by atoms with E-state index in [0.29, 0.717) is 11.3 Å². The lowest BCUT2D eigenvalue weighted by Gasteiger charge is -2.48. The molecule has 0 saturated carbocycles. The topological polar surface area (TPSA) is 128 Å². The fraction of sp³-hybridized carbons (Fsp3) is 0.333. The van der Waals surface area contributed by atoms with Crippen molar-refractivity contribution in [2.45, 2.75) is 49.3 Å². The summed E-state index contributed by atoms with van der Waals surface area (Å²) in [5.41, 5.74) is 5.81. The van der Waals surface area contributed by atoms with Crippen LogP contribution >= 0.6 is 12.4 Å². The maximum atomic E-state index is 13.8. The van der Waals surface area contributed by atoms with Gasteiger partial charge in [-0.15, -0.1) is 12.4 Å². The summed E-state index contributed by atoms with van der Waals surface area (Å²) in [4.78, 5) is 24.3. The molecule has 0 radical (unpaired) electrons. The average Bonchev–Trinajstić information content (AvgIpc) is 2.88. The van der Waals surface area contributed by atoms with Gasteiger partial charge in [0.15, 0.2) is 12.2 Å². The van der Waals surface area contributed by atoms with Crippen molar-refractivity contribution in [1.29, 1.82) is 0 Å². The lowest BCUT2D eigenvalue weighted by molar-refractivity contribution is -0.150. The number of nitrogens with two attached hydrogens (primary N) is 1. The molecule has 0 spiro atoms. The first-order valence-electron chi connectivity index (χ1n) is 13.1. The predicted octanol–water partition coefficient (Wildman–Crippen LogP) is 3.55. The van der Waals surface area contributed by atoms with Gasteiger partial charge in [0.05, 0.1) is 18.0 Å². The Bertz CT molecular complexity index is 1510. The van der Waals surface area contributed by atoms with E-state index in [-0.39, 0.29) is 36.8 Å². The smallest absolute Gasteiger partial charge is 0.323 e. The number of hydrogen-bond donors (Lipinski definition) is 2. The number of carbonyl (C=O) groups excluding carboxylic acids is 2. The van der Waals surface area contributed by atoms with Gasteiger partial charge in [-0.1, -0.05) is 48.5 Å². The van der Waals surface area contributed by atoms with Gasteiger partial charge in [0.2, 0.25) is 10.0 Å². The van der Waals surface area contributed by atoms with Gasteiger partial charge >= 0.3 is 5.97 Å². The van der Waals surface area contributed by atoms with Crippen molar-refractivity contribution < 1.29 is 31.9 Å². The fourth-order valence-corrected chi connectivity index (χ4v) is 6.12. The Morgan fingerprint density at radius 2 is 1.69 bits per heavy atom. The number of sulfonamides is 1. The first kappa shape index (κ1) is 33.0. The third kappa shape index (κ3) is 8.07. The number of benzene rings is 3. The molecular formula is C30H35ClFN3O6S. The van der Waals surface area contributed by atoms with Crippen LogP contribution in [0.3, 0.4) is 0 Å². The molecule has 12 heteroatoms. The van der Waals surface area contributed by atoms with Crippen LogP contribution in [-0.4, -0.2) is 55.9 Å². The van der Waals surface area contributed by atoms with E-state index < -0.39 is 51.5 Å². The van der Waals surface area contributed by atoms with Crippen LogP contribution in [-0.2, 0) is 36.4 Å². The third-order valence-electron chi connectivity index (χ3n) is 6.43. The molecule has 3 N–H and O–H groups in total. The molecule has 1 fully saturated rings. The summed E-state index contributed by atoms with van der Waals surface area (Å²) in [6.45, 7) is 4.98. The second-order valence-electron chi connectivity index (χ2n) is 11.1. The lowest BCUT2D eigenvalue weighted by Crippen LogP contribution is -2.64. The molecule has 1 aliphatic heterocycles. The molecule has 0 bridgehead atoms. The lowest BCUT2D eigenvalue weighted by atomic mass is 9.87. The normalized spacial score (nSPS) is 15.5. The summed E-state index contributed by atoms with van der Waals surface area (Å²) in [5.74, 6) is -1.38. The minimum Gasteiger partial charge on any atom is -0.480 e. The maximum Gasteiger partial charge on any atom is 0.323 e. The summed E-state index contributed by atoms with van der Waals surface area (Å²) in [6, 6.07) is 20.0. The summed E-state index contributed by atoms with van der Waals surface area (Å²) in [7, 11) is -3.93. The van der Waals surface area contributed by atoms with Crippen molar-refractivity contribution >= 4 is 34.3 Å². The number of rotatable bonds is 10. The Kier molecular flexibility index (Phi) is 10.4. The monoisotopic (exact) mass is 619 g/mol.